The highest BCUT2D eigenvalue weighted by atomic mass is 19.1. The number of anilines is 2. The first kappa shape index (κ1) is 22.9. The van der Waals surface area contributed by atoms with Crippen molar-refractivity contribution in [2.75, 3.05) is 49.1 Å². The normalized spacial score (nSPS) is 16.5. The van der Waals surface area contributed by atoms with E-state index in [-0.39, 0.29) is 17.8 Å². The number of urea groups is 1. The summed E-state index contributed by atoms with van der Waals surface area (Å²) < 4.78 is 14.1. The van der Waals surface area contributed by atoms with Crippen molar-refractivity contribution in [2.24, 2.45) is 0 Å². The smallest absolute Gasteiger partial charge is 0.324 e. The van der Waals surface area contributed by atoms with Crippen LogP contribution >= 0.6 is 0 Å². The van der Waals surface area contributed by atoms with E-state index in [1.165, 1.54) is 6.07 Å². The maximum Gasteiger partial charge on any atom is 0.324 e. The molecule has 0 N–H and O–H groups in total. The van der Waals surface area contributed by atoms with Crippen molar-refractivity contribution < 1.29 is 14.0 Å². The number of carbonyl (C=O) groups excluding carboxylic acids is 2. The van der Waals surface area contributed by atoms with Crippen LogP contribution in [-0.4, -0.2) is 61.0 Å². The minimum Gasteiger partial charge on any atom is -0.366 e. The van der Waals surface area contributed by atoms with Crippen LogP contribution in [0, 0.1) is 5.82 Å². The molecule has 35 heavy (non-hydrogen) atoms. The highest BCUT2D eigenvalue weighted by Crippen LogP contribution is 2.25. The second kappa shape index (κ2) is 10.2. The highest BCUT2D eigenvalue weighted by Gasteiger charge is 2.28. The lowest BCUT2D eigenvalue weighted by Crippen LogP contribution is -2.49. The van der Waals surface area contributed by atoms with Crippen LogP contribution in [-0.2, 0) is 6.54 Å². The van der Waals surface area contributed by atoms with Crippen molar-refractivity contribution in [2.45, 2.75) is 13.0 Å². The molecule has 2 heterocycles. The van der Waals surface area contributed by atoms with Gasteiger partial charge in [0.15, 0.2) is 0 Å². The molecular weight excluding hydrogens is 443 g/mol. The first-order valence-electron chi connectivity index (χ1n) is 12.1. The summed E-state index contributed by atoms with van der Waals surface area (Å²) in [5, 5.41) is 0. The minimum atomic E-state index is -0.243. The molecule has 0 saturated carbocycles. The number of benzene rings is 3. The summed E-state index contributed by atoms with van der Waals surface area (Å²) in [6, 6.07) is 24.0. The summed E-state index contributed by atoms with van der Waals surface area (Å²) in [6.07, 6.45) is 0.870. The number of nitrogens with zero attached hydrogens (tertiary/aromatic N) is 4. The van der Waals surface area contributed by atoms with Crippen molar-refractivity contribution in [1.29, 1.82) is 0 Å². The zero-order chi connectivity index (χ0) is 24.2. The third-order valence-corrected chi connectivity index (χ3v) is 6.69. The van der Waals surface area contributed by atoms with E-state index >= 15 is 0 Å². The fourth-order valence-corrected chi connectivity index (χ4v) is 4.82. The molecule has 180 valence electrons. The molecule has 2 aliphatic rings. The molecule has 0 aromatic heterocycles. The molecule has 0 radical (unpaired) electrons. The summed E-state index contributed by atoms with van der Waals surface area (Å²) in [7, 11) is 0. The second-order valence-electron chi connectivity index (χ2n) is 8.98. The molecule has 0 unspecified atom stereocenters. The van der Waals surface area contributed by atoms with Gasteiger partial charge in [-0.15, -0.1) is 0 Å². The van der Waals surface area contributed by atoms with Gasteiger partial charge in [0.05, 0.1) is 5.69 Å². The van der Waals surface area contributed by atoms with Crippen molar-refractivity contribution in [3.05, 3.63) is 95.8 Å². The first-order valence-corrected chi connectivity index (χ1v) is 12.1. The maximum atomic E-state index is 14.1. The topological polar surface area (TPSA) is 47.1 Å². The fraction of sp³-hybridized carbons (Fsp3) is 0.286. The molecule has 2 fully saturated rings. The summed E-state index contributed by atoms with van der Waals surface area (Å²) in [5.74, 6) is -0.307. The van der Waals surface area contributed by atoms with Crippen LogP contribution in [0.2, 0.25) is 0 Å². The maximum absolute atomic E-state index is 14.1. The molecule has 0 atom stereocenters. The fourth-order valence-electron chi connectivity index (χ4n) is 4.82. The van der Waals surface area contributed by atoms with Crippen LogP contribution in [0.25, 0.3) is 0 Å². The van der Waals surface area contributed by atoms with Gasteiger partial charge >= 0.3 is 6.03 Å². The first-order chi connectivity index (χ1) is 17.1. The van der Waals surface area contributed by atoms with Gasteiger partial charge in [-0.2, -0.15) is 0 Å². The predicted octanol–water partition coefficient (Wildman–Crippen LogP) is 4.62. The Morgan fingerprint density at radius 2 is 1.54 bits per heavy atom. The van der Waals surface area contributed by atoms with E-state index < -0.39 is 0 Å². The number of hydrogen-bond acceptors (Lipinski definition) is 3. The Bertz CT molecular complexity index is 1190. The van der Waals surface area contributed by atoms with E-state index in [1.807, 2.05) is 64.4 Å². The van der Waals surface area contributed by atoms with Crippen molar-refractivity contribution >= 4 is 23.3 Å². The molecule has 3 aromatic rings. The average Bonchev–Trinajstić information content (AvgIpc) is 2.90. The van der Waals surface area contributed by atoms with Gasteiger partial charge < -0.3 is 14.7 Å². The van der Waals surface area contributed by atoms with Crippen molar-refractivity contribution in [3.63, 3.8) is 0 Å². The summed E-state index contributed by atoms with van der Waals surface area (Å²) >= 11 is 0. The Balaban J connectivity index is 1.25. The number of piperazine rings is 1. The van der Waals surface area contributed by atoms with Crippen LogP contribution in [0.5, 0.6) is 0 Å². The lowest BCUT2D eigenvalue weighted by Gasteiger charge is -2.37. The van der Waals surface area contributed by atoms with E-state index in [0.29, 0.717) is 50.5 Å². The molecule has 0 aliphatic carbocycles. The standard InChI is InChI=1S/C28H29FN4O2/c29-25-12-4-5-13-26(25)30-16-18-31(19-17-30)27(34)23-10-6-11-24(20-23)33-15-7-14-32(28(33)35)21-22-8-2-1-3-9-22/h1-6,8-13,20H,7,14-19,21H2. The zero-order valence-corrected chi connectivity index (χ0v) is 19.6. The van der Waals surface area contributed by atoms with Gasteiger partial charge in [0.2, 0.25) is 0 Å². The van der Waals surface area contributed by atoms with Crippen molar-refractivity contribution in [1.82, 2.24) is 9.80 Å². The number of carbonyl (C=O) groups is 2. The molecule has 6 nitrogen and oxygen atoms in total. The van der Waals surface area contributed by atoms with E-state index in [9.17, 15) is 14.0 Å². The summed E-state index contributed by atoms with van der Waals surface area (Å²) in [5.41, 5.74) is 2.98. The Morgan fingerprint density at radius 1 is 0.800 bits per heavy atom. The molecule has 0 bridgehead atoms. The number of hydrogen-bond donors (Lipinski definition) is 0. The second-order valence-corrected chi connectivity index (χ2v) is 8.98. The number of rotatable bonds is 5. The third-order valence-electron chi connectivity index (χ3n) is 6.69. The highest BCUT2D eigenvalue weighted by molar-refractivity contribution is 5.98. The Hall–Kier alpha value is -3.87. The summed E-state index contributed by atoms with van der Waals surface area (Å²) in [6.45, 7) is 4.10. The van der Waals surface area contributed by atoms with E-state index in [2.05, 4.69) is 0 Å². The lowest BCUT2D eigenvalue weighted by atomic mass is 10.1. The van der Waals surface area contributed by atoms with Crippen LogP contribution in [0.4, 0.5) is 20.6 Å². The monoisotopic (exact) mass is 472 g/mol. The van der Waals surface area contributed by atoms with Gasteiger partial charge in [0.1, 0.15) is 5.82 Å². The number of halogens is 1. The average molecular weight is 473 g/mol. The van der Waals surface area contributed by atoms with Gasteiger partial charge in [0, 0.05) is 57.1 Å². The largest absolute Gasteiger partial charge is 0.366 e. The van der Waals surface area contributed by atoms with Gasteiger partial charge in [-0.1, -0.05) is 48.5 Å². The van der Waals surface area contributed by atoms with Crippen LogP contribution in [0.15, 0.2) is 78.9 Å². The molecule has 0 spiro atoms. The predicted molar refractivity (Wildman–Crippen MR) is 135 cm³/mol. The van der Waals surface area contributed by atoms with Crippen LogP contribution in [0.1, 0.15) is 22.3 Å². The van der Waals surface area contributed by atoms with Crippen LogP contribution in [0.3, 0.4) is 0 Å². The van der Waals surface area contributed by atoms with Gasteiger partial charge in [-0.25, -0.2) is 9.18 Å². The molecule has 3 amide bonds. The summed E-state index contributed by atoms with van der Waals surface area (Å²) in [4.78, 5) is 33.9. The molecular formula is C28H29FN4O2. The number of amides is 3. The molecule has 2 saturated heterocycles. The third kappa shape index (κ3) is 4.99. The zero-order valence-electron chi connectivity index (χ0n) is 19.6. The minimum absolute atomic E-state index is 0.0387. The Morgan fingerprint density at radius 3 is 2.31 bits per heavy atom. The van der Waals surface area contributed by atoms with E-state index in [0.717, 1.165) is 24.2 Å². The molecule has 3 aromatic carbocycles. The van der Waals surface area contributed by atoms with Crippen LogP contribution < -0.4 is 9.80 Å². The van der Waals surface area contributed by atoms with Gasteiger partial charge in [-0.05, 0) is 42.3 Å². The Kier molecular flexibility index (Phi) is 6.66. The number of para-hydroxylation sites is 1. The lowest BCUT2D eigenvalue weighted by molar-refractivity contribution is 0.0746. The molecule has 5 rings (SSSR count). The molecule has 7 heteroatoms. The SMILES string of the molecule is O=C(c1cccc(N2CCCN(Cc3ccccc3)C2=O)c1)N1CCN(c2ccccc2F)CC1. The molecule has 2 aliphatic heterocycles. The Labute approximate surface area is 205 Å². The quantitative estimate of drug-likeness (QED) is 0.545. The van der Waals surface area contributed by atoms with E-state index in [1.54, 1.807) is 28.0 Å². The van der Waals surface area contributed by atoms with Crippen molar-refractivity contribution in [3.8, 4) is 0 Å². The van der Waals surface area contributed by atoms with Gasteiger partial charge in [-0.3, -0.25) is 9.69 Å². The van der Waals surface area contributed by atoms with Gasteiger partial charge in [0.25, 0.3) is 5.91 Å². The van der Waals surface area contributed by atoms with E-state index in [4.69, 9.17) is 0 Å².